The van der Waals surface area contributed by atoms with Crippen LogP contribution < -0.4 is 5.32 Å². The predicted octanol–water partition coefficient (Wildman–Crippen LogP) is 4.40. The maximum absolute atomic E-state index is 12.8. The molecule has 0 unspecified atom stereocenters. The van der Waals surface area contributed by atoms with Crippen molar-refractivity contribution >= 4 is 39.9 Å². The number of halogens is 1. The Hall–Kier alpha value is -2.59. The van der Waals surface area contributed by atoms with Gasteiger partial charge in [-0.15, -0.1) is 0 Å². The van der Waals surface area contributed by atoms with E-state index in [1.165, 1.54) is 0 Å². The summed E-state index contributed by atoms with van der Waals surface area (Å²) in [6.07, 6.45) is 0.333. The second-order valence-corrected chi connectivity index (χ2v) is 5.60. The SMILES string of the molecule is CCC(=O)Nc1c(C(=O)c2ccccc2)[nH]c2cc(Cl)ccc12. The molecule has 116 valence electrons. The van der Waals surface area contributed by atoms with Crippen molar-refractivity contribution in [1.82, 2.24) is 4.98 Å². The molecule has 2 aromatic carbocycles. The maximum Gasteiger partial charge on any atom is 0.224 e. The minimum atomic E-state index is -0.177. The monoisotopic (exact) mass is 326 g/mol. The molecular formula is C18H15ClN2O2. The van der Waals surface area contributed by atoms with Crippen LogP contribution >= 0.6 is 11.6 Å². The summed E-state index contributed by atoms with van der Waals surface area (Å²) in [6, 6.07) is 14.2. The van der Waals surface area contributed by atoms with E-state index in [1.807, 2.05) is 6.07 Å². The Kier molecular flexibility index (Phi) is 4.17. The van der Waals surface area contributed by atoms with Crippen molar-refractivity contribution in [3.05, 3.63) is 64.8 Å². The van der Waals surface area contributed by atoms with Crippen LogP contribution in [0.25, 0.3) is 10.9 Å². The highest BCUT2D eigenvalue weighted by atomic mass is 35.5. The fourth-order valence-electron chi connectivity index (χ4n) is 2.43. The molecule has 0 aliphatic carbocycles. The summed E-state index contributed by atoms with van der Waals surface area (Å²) in [5.41, 5.74) is 2.12. The molecule has 5 heteroatoms. The molecule has 1 aromatic heterocycles. The number of carbonyl (C=O) groups is 2. The highest BCUT2D eigenvalue weighted by molar-refractivity contribution is 6.31. The van der Waals surface area contributed by atoms with Crippen molar-refractivity contribution in [1.29, 1.82) is 0 Å². The second kappa shape index (κ2) is 6.26. The standard InChI is InChI=1S/C18H15ClN2O2/c1-2-15(22)21-16-13-9-8-12(19)10-14(13)20-17(16)18(23)11-6-4-3-5-7-11/h3-10,20H,2H2,1H3,(H,21,22). The lowest BCUT2D eigenvalue weighted by Gasteiger charge is -2.06. The number of anilines is 1. The number of ketones is 1. The average Bonchev–Trinajstić information content (AvgIpc) is 2.92. The van der Waals surface area contributed by atoms with Gasteiger partial charge in [0.1, 0.15) is 5.69 Å². The third-order valence-electron chi connectivity index (χ3n) is 3.61. The van der Waals surface area contributed by atoms with Crippen LogP contribution in [0.5, 0.6) is 0 Å². The summed E-state index contributed by atoms with van der Waals surface area (Å²) < 4.78 is 0. The van der Waals surface area contributed by atoms with Crippen LogP contribution in [0.1, 0.15) is 29.4 Å². The van der Waals surface area contributed by atoms with Crippen molar-refractivity contribution in [2.24, 2.45) is 0 Å². The molecule has 3 rings (SSSR count). The van der Waals surface area contributed by atoms with Crippen molar-refractivity contribution in [3.8, 4) is 0 Å². The summed E-state index contributed by atoms with van der Waals surface area (Å²) in [6.45, 7) is 1.76. The summed E-state index contributed by atoms with van der Waals surface area (Å²) >= 11 is 6.02. The first kappa shape index (κ1) is 15.3. The summed E-state index contributed by atoms with van der Waals surface area (Å²) in [5, 5.41) is 4.14. The molecule has 1 heterocycles. The molecule has 0 aliphatic heterocycles. The van der Waals surface area contributed by atoms with Gasteiger partial charge in [-0.25, -0.2) is 0 Å². The third-order valence-corrected chi connectivity index (χ3v) is 3.84. The minimum Gasteiger partial charge on any atom is -0.350 e. The lowest BCUT2D eigenvalue weighted by molar-refractivity contribution is -0.115. The molecule has 0 bridgehead atoms. The van der Waals surface area contributed by atoms with E-state index in [2.05, 4.69) is 10.3 Å². The molecule has 3 aromatic rings. The van der Waals surface area contributed by atoms with E-state index in [4.69, 9.17) is 11.6 Å². The van der Waals surface area contributed by atoms with Crippen molar-refractivity contribution in [2.45, 2.75) is 13.3 Å². The summed E-state index contributed by atoms with van der Waals surface area (Å²) in [4.78, 5) is 27.7. The highest BCUT2D eigenvalue weighted by Gasteiger charge is 2.20. The zero-order valence-corrected chi connectivity index (χ0v) is 13.3. The molecule has 1 amide bonds. The number of aromatic amines is 1. The molecule has 0 atom stereocenters. The van der Waals surface area contributed by atoms with E-state index in [1.54, 1.807) is 49.4 Å². The van der Waals surface area contributed by atoms with E-state index >= 15 is 0 Å². The third kappa shape index (κ3) is 2.98. The fraction of sp³-hybridized carbons (Fsp3) is 0.111. The zero-order valence-electron chi connectivity index (χ0n) is 12.5. The highest BCUT2D eigenvalue weighted by Crippen LogP contribution is 2.31. The van der Waals surface area contributed by atoms with Gasteiger partial charge in [0.25, 0.3) is 0 Å². The molecule has 0 spiro atoms. The normalized spacial score (nSPS) is 10.7. The average molecular weight is 327 g/mol. The predicted molar refractivity (Wildman–Crippen MR) is 92.1 cm³/mol. The topological polar surface area (TPSA) is 62.0 Å². The van der Waals surface area contributed by atoms with Gasteiger partial charge in [-0.3, -0.25) is 9.59 Å². The Labute approximate surface area is 138 Å². The molecule has 23 heavy (non-hydrogen) atoms. The van der Waals surface area contributed by atoms with Gasteiger partial charge in [0.05, 0.1) is 5.69 Å². The van der Waals surface area contributed by atoms with Gasteiger partial charge in [0.2, 0.25) is 11.7 Å². The van der Waals surface area contributed by atoms with Crippen LogP contribution in [0, 0.1) is 0 Å². The van der Waals surface area contributed by atoms with Crippen LogP contribution in [0.3, 0.4) is 0 Å². The van der Waals surface area contributed by atoms with Gasteiger partial charge >= 0.3 is 0 Å². The summed E-state index contributed by atoms with van der Waals surface area (Å²) in [7, 11) is 0. The quantitative estimate of drug-likeness (QED) is 0.698. The molecule has 2 N–H and O–H groups in total. The zero-order chi connectivity index (χ0) is 16.4. The Morgan fingerprint density at radius 1 is 1.13 bits per heavy atom. The number of nitrogens with one attached hydrogen (secondary N) is 2. The number of amides is 1. The molecule has 0 aliphatic rings. The van der Waals surface area contributed by atoms with Crippen molar-refractivity contribution in [2.75, 3.05) is 5.32 Å². The van der Waals surface area contributed by atoms with Crippen molar-refractivity contribution < 1.29 is 9.59 Å². The number of hydrogen-bond donors (Lipinski definition) is 2. The molecule has 4 nitrogen and oxygen atoms in total. The molecular weight excluding hydrogens is 312 g/mol. The van der Waals surface area contributed by atoms with Crippen LogP contribution in [0.15, 0.2) is 48.5 Å². The van der Waals surface area contributed by atoms with E-state index < -0.39 is 0 Å². The number of fused-ring (bicyclic) bond motifs is 1. The first-order valence-electron chi connectivity index (χ1n) is 7.31. The number of hydrogen-bond acceptors (Lipinski definition) is 2. The first-order chi connectivity index (χ1) is 11.1. The van der Waals surface area contributed by atoms with Gasteiger partial charge in [0.15, 0.2) is 0 Å². The molecule has 0 saturated heterocycles. The molecule has 0 fully saturated rings. The van der Waals surface area contributed by atoms with Gasteiger partial charge < -0.3 is 10.3 Å². The van der Waals surface area contributed by atoms with E-state index in [0.717, 1.165) is 5.39 Å². The van der Waals surface area contributed by atoms with Crippen LogP contribution in [-0.2, 0) is 4.79 Å². The van der Waals surface area contributed by atoms with Crippen LogP contribution in [0.2, 0.25) is 5.02 Å². The van der Waals surface area contributed by atoms with Gasteiger partial charge in [-0.2, -0.15) is 0 Å². The Morgan fingerprint density at radius 2 is 1.87 bits per heavy atom. The van der Waals surface area contributed by atoms with E-state index in [0.29, 0.717) is 33.9 Å². The van der Waals surface area contributed by atoms with E-state index in [-0.39, 0.29) is 11.7 Å². The van der Waals surface area contributed by atoms with Crippen LogP contribution in [0.4, 0.5) is 5.69 Å². The van der Waals surface area contributed by atoms with Crippen LogP contribution in [-0.4, -0.2) is 16.7 Å². The number of H-pyrrole nitrogens is 1. The molecule has 0 saturated carbocycles. The van der Waals surface area contributed by atoms with Gasteiger partial charge in [-0.05, 0) is 18.2 Å². The lowest BCUT2D eigenvalue weighted by atomic mass is 10.1. The minimum absolute atomic E-state index is 0.150. The van der Waals surface area contributed by atoms with Gasteiger partial charge in [-0.1, -0.05) is 48.9 Å². The number of carbonyl (C=O) groups excluding carboxylic acids is 2. The number of aromatic nitrogens is 1. The first-order valence-corrected chi connectivity index (χ1v) is 7.68. The number of rotatable bonds is 4. The van der Waals surface area contributed by atoms with Gasteiger partial charge in [0, 0.05) is 27.9 Å². The fourth-order valence-corrected chi connectivity index (χ4v) is 2.60. The van der Waals surface area contributed by atoms with Crippen molar-refractivity contribution in [3.63, 3.8) is 0 Å². The number of benzene rings is 2. The lowest BCUT2D eigenvalue weighted by Crippen LogP contribution is -2.13. The maximum atomic E-state index is 12.8. The summed E-state index contributed by atoms with van der Waals surface area (Å²) in [5.74, 6) is -0.327. The largest absolute Gasteiger partial charge is 0.350 e. The Morgan fingerprint density at radius 3 is 2.57 bits per heavy atom. The Balaban J connectivity index is 2.16. The van der Waals surface area contributed by atoms with E-state index in [9.17, 15) is 9.59 Å². The Bertz CT molecular complexity index is 885. The second-order valence-electron chi connectivity index (χ2n) is 5.16. The molecule has 0 radical (unpaired) electrons. The smallest absolute Gasteiger partial charge is 0.224 e.